The van der Waals surface area contributed by atoms with Crippen LogP contribution in [0.4, 0.5) is 0 Å². The number of hydrogen-bond donors (Lipinski definition) is 0. The lowest BCUT2D eigenvalue weighted by molar-refractivity contribution is 0.670. The quantitative estimate of drug-likeness (QED) is 0.159. The van der Waals surface area contributed by atoms with Crippen molar-refractivity contribution in [3.05, 3.63) is 377 Å². The molecule has 7 nitrogen and oxygen atoms in total. The van der Waals surface area contributed by atoms with Gasteiger partial charge in [0, 0.05) is 161 Å². The molecule has 0 radical (unpaired) electrons. The topological polar surface area (TPSA) is 66.6 Å². The highest BCUT2D eigenvalue weighted by molar-refractivity contribution is 7.27. The lowest BCUT2D eigenvalue weighted by Crippen LogP contribution is -1.97. The summed E-state index contributed by atoms with van der Waals surface area (Å²) in [5, 5.41) is 20.5. The third-order valence-corrected chi connectivity index (χ3v) is 25.9. The normalized spacial score (nSPS) is 11.9. The van der Waals surface area contributed by atoms with E-state index in [1.807, 2.05) is 76.9 Å². The van der Waals surface area contributed by atoms with Gasteiger partial charge in [-0.25, -0.2) is 9.97 Å². The number of furan rings is 1. The van der Waals surface area contributed by atoms with Gasteiger partial charge >= 0.3 is 0 Å². The Kier molecular flexibility index (Phi) is 15.1. The van der Waals surface area contributed by atoms with Crippen LogP contribution < -0.4 is 0 Å². The zero-order chi connectivity index (χ0) is 74.2. The van der Waals surface area contributed by atoms with Gasteiger partial charge in [0.1, 0.15) is 17.0 Å². The summed E-state index contributed by atoms with van der Waals surface area (Å²) < 4.78 is 21.4. The minimum atomic E-state index is 0.900. The van der Waals surface area contributed by atoms with Crippen LogP contribution in [0.15, 0.2) is 381 Å². The second kappa shape index (κ2) is 26.3. The van der Waals surface area contributed by atoms with Crippen LogP contribution in [0.3, 0.4) is 0 Å². The lowest BCUT2D eigenvalue weighted by atomic mass is 10.00. The maximum Gasteiger partial charge on any atom is 0.143 e. The predicted octanol–water partition coefficient (Wildman–Crippen LogP) is 29.4. The molecule has 0 bridgehead atoms. The van der Waals surface area contributed by atoms with Crippen molar-refractivity contribution in [2.45, 2.75) is 0 Å². The Morgan fingerprint density at radius 2 is 0.708 bits per heavy atom. The molecule has 10 aromatic heterocycles. The molecule has 0 unspecified atom stereocenters. The number of benzene rings is 15. The van der Waals surface area contributed by atoms with E-state index in [0.29, 0.717) is 0 Å². The summed E-state index contributed by atoms with van der Waals surface area (Å²) in [5.41, 5.74) is 20.0. The predicted molar refractivity (Wildman–Crippen MR) is 481 cm³/mol. The van der Waals surface area contributed by atoms with E-state index in [0.717, 1.165) is 89.1 Å². The zero-order valence-corrected chi connectivity index (χ0v) is 63.1. The van der Waals surface area contributed by atoms with Crippen molar-refractivity contribution in [2.75, 3.05) is 0 Å². The Morgan fingerprint density at radius 1 is 0.257 bits per heavy atom. The zero-order valence-electron chi connectivity index (χ0n) is 60.6. The van der Waals surface area contributed by atoms with Crippen LogP contribution >= 0.6 is 34.0 Å². The van der Waals surface area contributed by atoms with Crippen LogP contribution in [0, 0.1) is 0 Å². The molecule has 0 amide bonds. The summed E-state index contributed by atoms with van der Waals surface area (Å²) in [6.45, 7) is 0. The first kappa shape index (κ1) is 64.8. The highest BCUT2D eigenvalue weighted by Crippen LogP contribution is 2.48. The Morgan fingerprint density at radius 3 is 1.25 bits per heavy atom. The van der Waals surface area contributed by atoms with Crippen molar-refractivity contribution in [3.63, 3.8) is 0 Å². The molecule has 0 aliphatic carbocycles. The summed E-state index contributed by atoms with van der Waals surface area (Å²) in [7, 11) is 0. The summed E-state index contributed by atoms with van der Waals surface area (Å²) in [4.78, 5) is 14.3. The maximum atomic E-state index is 6.29. The second-order valence-corrected chi connectivity index (χ2v) is 32.1. The summed E-state index contributed by atoms with van der Waals surface area (Å²) >= 11 is 5.61. The van der Waals surface area contributed by atoms with Gasteiger partial charge in [-0.2, -0.15) is 0 Å². The minimum absolute atomic E-state index is 0.900. The van der Waals surface area contributed by atoms with E-state index >= 15 is 0 Å². The average molecular weight is 1500 g/mol. The van der Waals surface area contributed by atoms with Gasteiger partial charge in [-0.1, -0.05) is 224 Å². The average Bonchev–Trinajstić information content (AvgIpc) is 1.57. The van der Waals surface area contributed by atoms with E-state index in [-0.39, 0.29) is 0 Å². The molecular formula is C103H62N6OS3. The van der Waals surface area contributed by atoms with Gasteiger partial charge in [0.25, 0.3) is 0 Å². The fourth-order valence-corrected chi connectivity index (χ4v) is 20.8. The van der Waals surface area contributed by atoms with Crippen molar-refractivity contribution in [1.29, 1.82) is 0 Å². The molecule has 10 heteroatoms. The van der Waals surface area contributed by atoms with Crippen LogP contribution in [-0.4, -0.2) is 28.7 Å². The molecule has 0 N–H and O–H groups in total. The third-order valence-electron chi connectivity index (χ3n) is 22.5. The number of rotatable bonds is 7. The van der Waals surface area contributed by atoms with Gasteiger partial charge in [-0.3, -0.25) is 9.55 Å². The van der Waals surface area contributed by atoms with Gasteiger partial charge in [-0.15, -0.1) is 34.0 Å². The molecule has 0 saturated heterocycles. The largest absolute Gasteiger partial charge is 0.455 e. The Bertz CT molecular complexity index is 8060. The molecule has 113 heavy (non-hydrogen) atoms. The first-order valence-electron chi connectivity index (χ1n) is 38.0. The number of nitrogens with zero attached hydrogens (tertiary/aromatic N) is 6. The summed E-state index contributed by atoms with van der Waals surface area (Å²) in [5.74, 6) is 0.903. The molecule has 0 aliphatic rings. The van der Waals surface area contributed by atoms with E-state index in [9.17, 15) is 0 Å². The Hall–Kier alpha value is -14.1. The molecule has 10 heterocycles. The van der Waals surface area contributed by atoms with Crippen LogP contribution in [0.5, 0.6) is 0 Å². The highest BCUT2D eigenvalue weighted by atomic mass is 32.1. The number of para-hydroxylation sites is 5. The molecule has 15 aromatic carbocycles. The third kappa shape index (κ3) is 10.6. The number of pyridine rings is 3. The van der Waals surface area contributed by atoms with Gasteiger partial charge in [0.2, 0.25) is 0 Å². The van der Waals surface area contributed by atoms with Gasteiger partial charge in [-0.05, 0) is 150 Å². The molecule has 25 rings (SSSR count). The van der Waals surface area contributed by atoms with Crippen LogP contribution in [0.1, 0.15) is 0 Å². The van der Waals surface area contributed by atoms with Gasteiger partial charge < -0.3 is 13.6 Å². The summed E-state index contributed by atoms with van der Waals surface area (Å²) in [6.07, 6.45) is 5.75. The van der Waals surface area contributed by atoms with Gasteiger partial charge in [0.15, 0.2) is 0 Å². The Labute approximate surface area is 659 Å². The molecule has 528 valence electrons. The van der Waals surface area contributed by atoms with E-state index in [1.54, 1.807) is 0 Å². The number of fused-ring (bicyclic) bond motifs is 25. The monoisotopic (exact) mass is 1490 g/mol. The number of hydrogen-bond acceptors (Lipinski definition) is 7. The van der Waals surface area contributed by atoms with E-state index in [4.69, 9.17) is 14.4 Å². The maximum absolute atomic E-state index is 6.29. The van der Waals surface area contributed by atoms with E-state index < -0.39 is 0 Å². The van der Waals surface area contributed by atoms with Crippen molar-refractivity contribution in [3.8, 4) is 62.0 Å². The van der Waals surface area contributed by atoms with E-state index in [1.165, 1.54) is 131 Å². The molecular weight excluding hydrogens is 1430 g/mol. The minimum Gasteiger partial charge on any atom is -0.455 e. The molecule has 0 fully saturated rings. The van der Waals surface area contributed by atoms with Gasteiger partial charge in [0.05, 0.1) is 44.5 Å². The SMILES string of the molecule is c1ccc(-c2cc(-c3ccc(-n4c5ccccc5c5c6c(ccc54)sc4ccccc46)cc3)cc(-c3ccccc3)n2)cc1.c1ccc2c(c1)oc1c(-c3ccc(-n4c5ccccc5c5c6c(ccc54)sc4ccccc46)nc3)cccc12.c1ccc2c(c1)sc1ccc3c(c4ccccc4n3-c3ccc4cnccc4c3)c12. The molecule has 0 saturated carbocycles. The van der Waals surface area contributed by atoms with Crippen molar-refractivity contribution >= 4 is 193 Å². The smallest absolute Gasteiger partial charge is 0.143 e. The van der Waals surface area contributed by atoms with Crippen molar-refractivity contribution < 1.29 is 4.42 Å². The second-order valence-electron chi connectivity index (χ2n) is 28.8. The van der Waals surface area contributed by atoms with Crippen molar-refractivity contribution in [2.24, 2.45) is 0 Å². The first-order valence-corrected chi connectivity index (χ1v) is 40.5. The van der Waals surface area contributed by atoms with Crippen LogP contribution in [0.2, 0.25) is 0 Å². The fraction of sp³-hybridized carbons (Fsp3) is 0. The Balaban J connectivity index is 0.000000103. The fourth-order valence-electron chi connectivity index (χ4n) is 17.5. The molecule has 0 spiro atoms. The van der Waals surface area contributed by atoms with Crippen molar-refractivity contribution in [1.82, 2.24) is 28.7 Å². The molecule has 0 aliphatic heterocycles. The van der Waals surface area contributed by atoms with Crippen LogP contribution in [-0.2, 0) is 0 Å². The standard InChI is InChI=1S/C41H26N2S.C35H20N2OS.C27H16N2S/c1-3-11-28(12-4-1)34-25-30(26-35(42-34)29-13-5-2-6-14-29)27-19-21-31(22-20-27)43-36-17-9-7-15-32(36)40-37(43)23-24-39-41(40)33-16-8-10-18-38(33)44-39;1-4-13-27-25(9-1)33-28(17-18-31-34(33)26-10-3-6-15-30(26)39-31)37(27)32-19-16-21(20-36-32)22-11-7-12-24-23-8-2-5-14-29(23)38-35(22)24;1-3-7-22-20(5-1)26-23(11-12-25-27(26)21-6-2-4-8-24(21)30-25)29(22)19-10-9-18-16-28-14-13-17(18)15-19/h1-26H;1-20H;1-16H. The van der Waals surface area contributed by atoms with E-state index in [2.05, 4.69) is 352 Å². The number of thiophene rings is 3. The highest BCUT2D eigenvalue weighted by Gasteiger charge is 2.23. The first-order chi connectivity index (χ1) is 56.0. The lowest BCUT2D eigenvalue weighted by Gasteiger charge is -2.12. The number of aromatic nitrogens is 6. The van der Waals surface area contributed by atoms with Crippen LogP contribution in [0.25, 0.3) is 221 Å². The molecule has 0 atom stereocenters. The molecule has 25 aromatic rings. The summed E-state index contributed by atoms with van der Waals surface area (Å²) in [6, 6.07) is 128.